The molecular formula is C16H29N4O2S+. The third-order valence-electron chi connectivity index (χ3n) is 4.34. The molecule has 2 atom stereocenters. The van der Waals surface area contributed by atoms with Crippen LogP contribution in [0.15, 0.2) is 4.99 Å². The summed E-state index contributed by atoms with van der Waals surface area (Å²) in [5, 5.41) is 2.80. The van der Waals surface area contributed by atoms with Gasteiger partial charge in [-0.25, -0.2) is 0 Å². The molecule has 1 aliphatic rings. The van der Waals surface area contributed by atoms with Gasteiger partial charge >= 0.3 is 0 Å². The number of carbonyl (C=O) groups is 2. The molecule has 1 rings (SSSR count). The molecule has 1 aliphatic heterocycles. The van der Waals surface area contributed by atoms with Crippen molar-refractivity contribution in [3.05, 3.63) is 0 Å². The van der Waals surface area contributed by atoms with E-state index < -0.39 is 5.92 Å². The average molecular weight is 342 g/mol. The average Bonchev–Trinajstić information content (AvgIpc) is 2.52. The first-order valence-electron chi connectivity index (χ1n) is 8.47. The largest absolute Gasteiger partial charge is 0.335 e. The van der Waals surface area contributed by atoms with Gasteiger partial charge in [-0.3, -0.25) is 19.5 Å². The Labute approximate surface area is 144 Å². The maximum Gasteiger partial charge on any atom is 0.247 e. The molecule has 1 saturated heterocycles. The molecule has 1 heterocycles. The number of carbonyl (C=O) groups excluding carboxylic acids is 2. The Balaban J connectivity index is 2.60. The minimum atomic E-state index is -0.864. The highest BCUT2D eigenvalue weighted by atomic mass is 32.1. The van der Waals surface area contributed by atoms with Crippen LogP contribution >= 0.6 is 12.2 Å². The zero-order chi connectivity index (χ0) is 17.4. The van der Waals surface area contributed by atoms with Crippen LogP contribution in [0.3, 0.4) is 0 Å². The Morgan fingerprint density at radius 2 is 2.00 bits per heavy atom. The summed E-state index contributed by atoms with van der Waals surface area (Å²) in [5.74, 6) is -1.51. The fourth-order valence-corrected chi connectivity index (χ4v) is 2.91. The van der Waals surface area contributed by atoms with Crippen LogP contribution in [0.5, 0.6) is 0 Å². The lowest BCUT2D eigenvalue weighted by Gasteiger charge is -2.34. The smallest absolute Gasteiger partial charge is 0.247 e. The number of hydrogen-bond donors (Lipinski definition) is 2. The van der Waals surface area contributed by atoms with Crippen LogP contribution in [0.2, 0.25) is 0 Å². The van der Waals surface area contributed by atoms with Gasteiger partial charge in [0.1, 0.15) is 0 Å². The standard InChI is InChI=1S/C16H28N4O2S/c1-5-12(4)20-15(22)13(14(21)18-16(20)23)11-17-9-8-10-19(6-2)7-3/h11-13H,5-10H2,1-4H3,(H,18,21,23)/p+1/t12-,13+/m1/s1. The maximum absolute atomic E-state index is 12.5. The molecule has 0 bridgehead atoms. The van der Waals surface area contributed by atoms with Gasteiger partial charge in [-0.1, -0.05) is 6.92 Å². The van der Waals surface area contributed by atoms with Gasteiger partial charge in [0.2, 0.25) is 11.8 Å². The second kappa shape index (κ2) is 9.72. The van der Waals surface area contributed by atoms with Gasteiger partial charge < -0.3 is 10.2 Å². The molecule has 1 fully saturated rings. The first kappa shape index (κ1) is 19.7. The molecule has 0 unspecified atom stereocenters. The fraction of sp³-hybridized carbons (Fsp3) is 0.750. The van der Waals surface area contributed by atoms with Crippen LogP contribution in [0.1, 0.15) is 40.5 Å². The molecule has 0 aromatic heterocycles. The summed E-state index contributed by atoms with van der Waals surface area (Å²) >= 11 is 5.11. The van der Waals surface area contributed by atoms with Crippen LogP contribution in [0.4, 0.5) is 0 Å². The lowest BCUT2D eigenvalue weighted by molar-refractivity contribution is -0.896. The van der Waals surface area contributed by atoms with E-state index in [2.05, 4.69) is 24.2 Å². The number of hydrogen-bond acceptors (Lipinski definition) is 4. The van der Waals surface area contributed by atoms with E-state index in [9.17, 15) is 9.59 Å². The number of aliphatic imine (C=N–C) groups is 1. The number of thiocarbonyl (C=S) groups is 1. The molecule has 0 aromatic carbocycles. The maximum atomic E-state index is 12.5. The number of amides is 2. The monoisotopic (exact) mass is 341 g/mol. The Morgan fingerprint density at radius 1 is 1.35 bits per heavy atom. The predicted molar refractivity (Wildman–Crippen MR) is 95.7 cm³/mol. The number of quaternary nitrogens is 1. The minimum Gasteiger partial charge on any atom is -0.335 e. The van der Waals surface area contributed by atoms with E-state index in [0.29, 0.717) is 6.54 Å². The highest BCUT2D eigenvalue weighted by Gasteiger charge is 2.39. The summed E-state index contributed by atoms with van der Waals surface area (Å²) in [6, 6.07) is -0.0298. The first-order chi connectivity index (χ1) is 11.0. The van der Waals surface area contributed by atoms with E-state index in [0.717, 1.165) is 32.5 Å². The zero-order valence-corrected chi connectivity index (χ0v) is 15.4. The van der Waals surface area contributed by atoms with Crippen molar-refractivity contribution in [2.75, 3.05) is 26.2 Å². The Bertz CT molecular complexity index is 463. The molecule has 0 radical (unpaired) electrons. The van der Waals surface area contributed by atoms with Crippen molar-refractivity contribution in [2.45, 2.75) is 46.6 Å². The molecule has 6 nitrogen and oxygen atoms in total. The van der Waals surface area contributed by atoms with E-state index in [1.165, 1.54) is 16.0 Å². The van der Waals surface area contributed by atoms with Gasteiger partial charge in [0.25, 0.3) is 0 Å². The third-order valence-corrected chi connectivity index (χ3v) is 4.64. The van der Waals surface area contributed by atoms with E-state index in [1.807, 2.05) is 13.8 Å². The van der Waals surface area contributed by atoms with E-state index in [4.69, 9.17) is 12.2 Å². The van der Waals surface area contributed by atoms with Gasteiger partial charge in [-0.15, -0.1) is 0 Å². The van der Waals surface area contributed by atoms with Crippen LogP contribution in [0.25, 0.3) is 0 Å². The van der Waals surface area contributed by atoms with Crippen molar-refractivity contribution < 1.29 is 14.5 Å². The lowest BCUT2D eigenvalue weighted by atomic mass is 10.0. The molecular weight excluding hydrogens is 312 g/mol. The normalized spacial score (nSPS) is 20.5. The molecule has 2 amide bonds. The van der Waals surface area contributed by atoms with Gasteiger partial charge in [-0.05, 0) is 39.4 Å². The second-order valence-corrected chi connectivity index (χ2v) is 6.24. The van der Waals surface area contributed by atoms with Crippen LogP contribution in [-0.4, -0.2) is 60.3 Å². The highest BCUT2D eigenvalue weighted by Crippen LogP contribution is 2.14. The summed E-state index contributed by atoms with van der Waals surface area (Å²) in [6.07, 6.45) is 3.20. The van der Waals surface area contributed by atoms with Crippen molar-refractivity contribution in [2.24, 2.45) is 10.9 Å². The fourth-order valence-electron chi connectivity index (χ4n) is 2.54. The van der Waals surface area contributed by atoms with Crippen molar-refractivity contribution >= 4 is 35.4 Å². The van der Waals surface area contributed by atoms with Crippen molar-refractivity contribution in [3.8, 4) is 0 Å². The molecule has 0 saturated carbocycles. The molecule has 2 N–H and O–H groups in total. The van der Waals surface area contributed by atoms with E-state index in [-0.39, 0.29) is 23.0 Å². The van der Waals surface area contributed by atoms with Gasteiger partial charge in [0.15, 0.2) is 11.0 Å². The molecule has 130 valence electrons. The van der Waals surface area contributed by atoms with Gasteiger partial charge in [0.05, 0.1) is 19.6 Å². The van der Waals surface area contributed by atoms with Crippen LogP contribution in [0, 0.1) is 5.92 Å². The summed E-state index contributed by atoms with van der Waals surface area (Å²) in [6.45, 7) is 12.1. The third kappa shape index (κ3) is 5.35. The molecule has 23 heavy (non-hydrogen) atoms. The number of rotatable bonds is 9. The zero-order valence-electron chi connectivity index (χ0n) is 14.6. The SMILES string of the molecule is CC[C@@H](C)N1C(=O)[C@@H](C=NCCC[NH+](CC)CC)C(=O)NC1=S. The van der Waals surface area contributed by atoms with E-state index in [1.54, 1.807) is 0 Å². The number of nitrogens with one attached hydrogen (secondary N) is 2. The van der Waals surface area contributed by atoms with Gasteiger partial charge in [0, 0.05) is 25.2 Å². The topological polar surface area (TPSA) is 66.2 Å². The second-order valence-electron chi connectivity index (χ2n) is 5.85. The van der Waals surface area contributed by atoms with Crippen molar-refractivity contribution in [1.29, 1.82) is 0 Å². The molecule has 0 aromatic rings. The Morgan fingerprint density at radius 3 is 2.57 bits per heavy atom. The first-order valence-corrected chi connectivity index (χ1v) is 8.88. The highest BCUT2D eigenvalue weighted by molar-refractivity contribution is 7.80. The summed E-state index contributed by atoms with van der Waals surface area (Å²) < 4.78 is 0. The van der Waals surface area contributed by atoms with Crippen LogP contribution in [-0.2, 0) is 9.59 Å². The Hall–Kier alpha value is -1.34. The summed E-state index contributed by atoms with van der Waals surface area (Å²) in [4.78, 5) is 31.8. The Kier molecular flexibility index (Phi) is 8.33. The van der Waals surface area contributed by atoms with E-state index >= 15 is 0 Å². The minimum absolute atomic E-state index is 0.0298. The lowest BCUT2D eigenvalue weighted by Crippen LogP contribution is -3.11. The predicted octanol–water partition coefficient (Wildman–Crippen LogP) is 0.0300. The molecule has 0 aliphatic carbocycles. The molecule has 7 heteroatoms. The summed E-state index contributed by atoms with van der Waals surface area (Å²) in [7, 11) is 0. The van der Waals surface area contributed by atoms with Crippen LogP contribution < -0.4 is 10.2 Å². The number of nitrogens with zero attached hydrogens (tertiary/aromatic N) is 2. The van der Waals surface area contributed by atoms with Gasteiger partial charge in [-0.2, -0.15) is 0 Å². The summed E-state index contributed by atoms with van der Waals surface area (Å²) in [5.41, 5.74) is 0. The quantitative estimate of drug-likeness (QED) is 0.269. The van der Waals surface area contributed by atoms with Crippen molar-refractivity contribution in [1.82, 2.24) is 10.2 Å². The van der Waals surface area contributed by atoms with Crippen molar-refractivity contribution in [3.63, 3.8) is 0 Å². The molecule has 0 spiro atoms.